The van der Waals surface area contributed by atoms with Gasteiger partial charge in [-0.15, -0.1) is 0 Å². The molecule has 0 aliphatic heterocycles. The molecule has 0 saturated carbocycles. The van der Waals surface area contributed by atoms with Gasteiger partial charge < -0.3 is 15.5 Å². The van der Waals surface area contributed by atoms with Gasteiger partial charge in [0.15, 0.2) is 0 Å². The Bertz CT molecular complexity index is 487. The van der Waals surface area contributed by atoms with Gasteiger partial charge in [-0.1, -0.05) is 44.2 Å². The normalized spacial score (nSPS) is 13.6. The number of carbonyl (C=O) groups is 2. The molecule has 2 unspecified atom stereocenters. The second kappa shape index (κ2) is 10.1. The summed E-state index contributed by atoms with van der Waals surface area (Å²) in [5, 5.41) is 21.8. The highest BCUT2D eigenvalue weighted by molar-refractivity contribution is 5.83. The first-order chi connectivity index (χ1) is 10.9. The summed E-state index contributed by atoms with van der Waals surface area (Å²) in [6.45, 7) is 3.88. The van der Waals surface area contributed by atoms with Crippen LogP contribution in [0.4, 0.5) is 0 Å². The van der Waals surface area contributed by atoms with Crippen molar-refractivity contribution >= 4 is 11.7 Å². The number of ketones is 1. The van der Waals surface area contributed by atoms with E-state index in [1.807, 2.05) is 44.2 Å². The largest absolute Gasteiger partial charge is 0.394 e. The minimum atomic E-state index is -0.996. The molecule has 0 aliphatic carbocycles. The van der Waals surface area contributed by atoms with Crippen molar-refractivity contribution in [2.24, 2.45) is 5.92 Å². The van der Waals surface area contributed by atoms with Gasteiger partial charge >= 0.3 is 0 Å². The third kappa shape index (κ3) is 8.47. The van der Waals surface area contributed by atoms with E-state index < -0.39 is 6.10 Å². The second-order valence-corrected chi connectivity index (χ2v) is 6.34. The predicted molar refractivity (Wildman–Crippen MR) is 88.9 cm³/mol. The number of carbonyl (C=O) groups excluding carboxylic acids is 2. The van der Waals surface area contributed by atoms with Crippen LogP contribution in [0.15, 0.2) is 30.3 Å². The SMILES string of the molecule is CC(C)CC(CO)NC(=O)CC(O)CC(=O)Cc1ccccc1. The molecule has 0 radical (unpaired) electrons. The van der Waals surface area contributed by atoms with Crippen LogP contribution in [0.3, 0.4) is 0 Å². The van der Waals surface area contributed by atoms with Crippen molar-refractivity contribution in [1.82, 2.24) is 5.32 Å². The molecular formula is C18H27NO4. The Hall–Kier alpha value is -1.72. The average Bonchev–Trinajstić information content (AvgIpc) is 2.46. The van der Waals surface area contributed by atoms with Gasteiger partial charge in [-0.25, -0.2) is 0 Å². The summed E-state index contributed by atoms with van der Waals surface area (Å²) >= 11 is 0. The summed E-state index contributed by atoms with van der Waals surface area (Å²) < 4.78 is 0. The van der Waals surface area contributed by atoms with E-state index in [-0.39, 0.29) is 43.6 Å². The molecular weight excluding hydrogens is 294 g/mol. The van der Waals surface area contributed by atoms with Gasteiger partial charge in [0, 0.05) is 12.8 Å². The van der Waals surface area contributed by atoms with E-state index >= 15 is 0 Å². The first-order valence-electron chi connectivity index (χ1n) is 8.04. The average molecular weight is 321 g/mol. The monoisotopic (exact) mass is 321 g/mol. The molecule has 5 heteroatoms. The van der Waals surface area contributed by atoms with Crippen LogP contribution in [0.2, 0.25) is 0 Å². The zero-order valence-electron chi connectivity index (χ0n) is 13.9. The lowest BCUT2D eigenvalue weighted by Gasteiger charge is -2.19. The number of aliphatic hydroxyl groups excluding tert-OH is 2. The number of amides is 1. The van der Waals surface area contributed by atoms with Crippen molar-refractivity contribution in [2.75, 3.05) is 6.61 Å². The van der Waals surface area contributed by atoms with E-state index in [0.717, 1.165) is 5.56 Å². The summed E-state index contributed by atoms with van der Waals surface area (Å²) in [6, 6.07) is 8.99. The standard InChI is InChI=1S/C18H27NO4/c1-13(2)8-15(12-20)19-18(23)11-17(22)10-16(21)9-14-6-4-3-5-7-14/h3-7,13,15,17,20,22H,8-12H2,1-2H3,(H,19,23). The van der Waals surface area contributed by atoms with Crippen LogP contribution < -0.4 is 5.32 Å². The van der Waals surface area contributed by atoms with Crippen molar-refractivity contribution in [3.05, 3.63) is 35.9 Å². The first kappa shape index (κ1) is 19.3. The van der Waals surface area contributed by atoms with E-state index in [9.17, 15) is 19.8 Å². The quantitative estimate of drug-likeness (QED) is 0.609. The van der Waals surface area contributed by atoms with Crippen LogP contribution in [0.1, 0.15) is 38.7 Å². The number of benzene rings is 1. The highest BCUT2D eigenvalue weighted by Gasteiger charge is 2.18. The molecule has 0 heterocycles. The van der Waals surface area contributed by atoms with E-state index in [0.29, 0.717) is 12.3 Å². The fraction of sp³-hybridized carbons (Fsp3) is 0.556. The Labute approximate surface area is 137 Å². The molecule has 0 fully saturated rings. The van der Waals surface area contributed by atoms with E-state index in [2.05, 4.69) is 5.32 Å². The van der Waals surface area contributed by atoms with Gasteiger partial charge in [0.05, 0.1) is 25.2 Å². The van der Waals surface area contributed by atoms with Crippen molar-refractivity contribution in [3.8, 4) is 0 Å². The topological polar surface area (TPSA) is 86.6 Å². The molecule has 0 aromatic heterocycles. The van der Waals surface area contributed by atoms with Crippen LogP contribution in [-0.4, -0.2) is 40.7 Å². The number of aliphatic hydroxyl groups is 2. The second-order valence-electron chi connectivity index (χ2n) is 6.34. The van der Waals surface area contributed by atoms with Crippen molar-refractivity contribution in [3.63, 3.8) is 0 Å². The van der Waals surface area contributed by atoms with Crippen LogP contribution in [-0.2, 0) is 16.0 Å². The molecule has 23 heavy (non-hydrogen) atoms. The molecule has 5 nitrogen and oxygen atoms in total. The van der Waals surface area contributed by atoms with Gasteiger partial charge in [0.1, 0.15) is 5.78 Å². The number of nitrogens with one attached hydrogen (secondary N) is 1. The number of rotatable bonds is 10. The molecule has 2 atom stereocenters. The van der Waals surface area contributed by atoms with Crippen LogP contribution in [0.25, 0.3) is 0 Å². The van der Waals surface area contributed by atoms with Gasteiger partial charge in [0.2, 0.25) is 5.91 Å². The summed E-state index contributed by atoms with van der Waals surface area (Å²) in [5.41, 5.74) is 0.895. The molecule has 3 N–H and O–H groups in total. The third-order valence-electron chi connectivity index (χ3n) is 3.47. The van der Waals surface area contributed by atoms with Gasteiger partial charge in [-0.05, 0) is 17.9 Å². The fourth-order valence-corrected chi connectivity index (χ4v) is 2.48. The molecule has 1 aromatic rings. The molecule has 0 spiro atoms. The molecule has 0 bridgehead atoms. The molecule has 1 amide bonds. The maximum Gasteiger partial charge on any atom is 0.222 e. The van der Waals surface area contributed by atoms with Crippen LogP contribution in [0.5, 0.6) is 0 Å². The highest BCUT2D eigenvalue weighted by Crippen LogP contribution is 2.08. The third-order valence-corrected chi connectivity index (χ3v) is 3.47. The van der Waals surface area contributed by atoms with E-state index in [1.165, 1.54) is 0 Å². The Kier molecular flexibility index (Phi) is 8.51. The molecule has 0 saturated heterocycles. The zero-order valence-corrected chi connectivity index (χ0v) is 13.9. The summed E-state index contributed by atoms with van der Waals surface area (Å²) in [5.74, 6) is -0.0908. The Morgan fingerprint density at radius 2 is 1.78 bits per heavy atom. The number of hydrogen-bond donors (Lipinski definition) is 3. The summed E-state index contributed by atoms with van der Waals surface area (Å²) in [4.78, 5) is 23.7. The fourth-order valence-electron chi connectivity index (χ4n) is 2.48. The number of Topliss-reactive ketones (excluding diaryl/α,β-unsaturated/α-hetero) is 1. The van der Waals surface area contributed by atoms with Crippen molar-refractivity contribution < 1.29 is 19.8 Å². The predicted octanol–water partition coefficient (Wildman–Crippen LogP) is 1.46. The molecule has 1 aromatic carbocycles. The maximum absolute atomic E-state index is 11.9. The van der Waals surface area contributed by atoms with Gasteiger partial charge in [-0.2, -0.15) is 0 Å². The van der Waals surface area contributed by atoms with Gasteiger partial charge in [-0.3, -0.25) is 9.59 Å². The maximum atomic E-state index is 11.9. The van der Waals surface area contributed by atoms with Gasteiger partial charge in [0.25, 0.3) is 0 Å². The lowest BCUT2D eigenvalue weighted by atomic mass is 10.0. The van der Waals surface area contributed by atoms with Crippen LogP contribution in [0, 0.1) is 5.92 Å². The Morgan fingerprint density at radius 1 is 1.13 bits per heavy atom. The lowest BCUT2D eigenvalue weighted by Crippen LogP contribution is -2.40. The highest BCUT2D eigenvalue weighted by atomic mass is 16.3. The molecule has 0 aliphatic rings. The van der Waals surface area contributed by atoms with E-state index in [1.54, 1.807) is 0 Å². The summed E-state index contributed by atoms with van der Waals surface area (Å²) in [7, 11) is 0. The molecule has 1 rings (SSSR count). The van der Waals surface area contributed by atoms with Crippen molar-refractivity contribution in [2.45, 2.75) is 51.7 Å². The zero-order chi connectivity index (χ0) is 17.2. The lowest BCUT2D eigenvalue weighted by molar-refractivity contribution is -0.125. The molecule has 128 valence electrons. The smallest absolute Gasteiger partial charge is 0.222 e. The van der Waals surface area contributed by atoms with Crippen molar-refractivity contribution in [1.29, 1.82) is 0 Å². The number of hydrogen-bond acceptors (Lipinski definition) is 4. The minimum absolute atomic E-state index is 0.0454. The Morgan fingerprint density at radius 3 is 2.35 bits per heavy atom. The summed E-state index contributed by atoms with van der Waals surface area (Å²) in [6.07, 6.45) is -0.243. The first-order valence-corrected chi connectivity index (χ1v) is 8.04. The Balaban J connectivity index is 2.35. The van der Waals surface area contributed by atoms with E-state index in [4.69, 9.17) is 0 Å². The van der Waals surface area contributed by atoms with Crippen LogP contribution >= 0.6 is 0 Å². The minimum Gasteiger partial charge on any atom is -0.394 e.